The summed E-state index contributed by atoms with van der Waals surface area (Å²) >= 11 is 0. The van der Waals surface area contributed by atoms with Crippen LogP contribution in [0.15, 0.2) is 48.8 Å². The molecule has 4 bridgehead atoms. The Bertz CT molecular complexity index is 1070. The highest BCUT2D eigenvalue weighted by Gasteiger charge is 2.59. The van der Waals surface area contributed by atoms with Gasteiger partial charge in [-0.2, -0.15) is 0 Å². The van der Waals surface area contributed by atoms with Crippen molar-refractivity contribution < 1.29 is 14.0 Å². The van der Waals surface area contributed by atoms with E-state index < -0.39 is 5.41 Å². The predicted octanol–water partition coefficient (Wildman–Crippen LogP) is 4.02. The third kappa shape index (κ3) is 4.46. The van der Waals surface area contributed by atoms with Crippen LogP contribution in [0.5, 0.6) is 0 Å². The number of nitrogens with two attached hydrogens (primary N) is 1. The molecule has 0 spiro atoms. The molecular formula is C28H35FN4O2. The molecule has 1 aromatic carbocycles. The highest BCUT2D eigenvalue weighted by atomic mass is 19.1. The number of carbonyl (C=O) groups excluding carboxylic acids is 2. The van der Waals surface area contributed by atoms with Crippen LogP contribution in [0.3, 0.4) is 0 Å². The molecule has 6 rings (SSSR count). The quantitative estimate of drug-likeness (QED) is 0.560. The molecule has 1 aromatic heterocycles. The van der Waals surface area contributed by atoms with E-state index in [9.17, 15) is 14.0 Å². The third-order valence-corrected chi connectivity index (χ3v) is 8.89. The highest BCUT2D eigenvalue weighted by Crippen LogP contribution is 2.63. The van der Waals surface area contributed by atoms with Crippen LogP contribution in [0.2, 0.25) is 0 Å². The Balaban J connectivity index is 1.23. The van der Waals surface area contributed by atoms with Crippen molar-refractivity contribution in [2.75, 3.05) is 11.9 Å². The molecular weight excluding hydrogens is 443 g/mol. The number of aromatic nitrogens is 1. The Labute approximate surface area is 206 Å². The summed E-state index contributed by atoms with van der Waals surface area (Å²) in [5, 5.41) is 6.19. The normalized spacial score (nSPS) is 30.1. The Morgan fingerprint density at radius 1 is 1.09 bits per heavy atom. The van der Waals surface area contributed by atoms with Crippen LogP contribution in [0.4, 0.5) is 10.1 Å². The molecule has 186 valence electrons. The highest BCUT2D eigenvalue weighted by molar-refractivity contribution is 5.95. The zero-order valence-electron chi connectivity index (χ0n) is 20.5. The van der Waals surface area contributed by atoms with E-state index in [0.717, 1.165) is 43.4 Å². The Morgan fingerprint density at radius 2 is 1.71 bits per heavy atom. The van der Waals surface area contributed by atoms with E-state index >= 15 is 0 Å². The first-order valence-corrected chi connectivity index (χ1v) is 12.7. The minimum Gasteiger partial charge on any atom is -0.354 e. The second-order valence-electron chi connectivity index (χ2n) is 11.5. The second kappa shape index (κ2) is 9.01. The predicted molar refractivity (Wildman–Crippen MR) is 133 cm³/mol. The van der Waals surface area contributed by atoms with Crippen LogP contribution in [-0.2, 0) is 15.0 Å². The number of halogens is 1. The number of nitrogens with one attached hydrogen (secondary N) is 2. The van der Waals surface area contributed by atoms with Gasteiger partial charge in [0.1, 0.15) is 5.82 Å². The molecule has 3 atom stereocenters. The fourth-order valence-corrected chi connectivity index (χ4v) is 7.30. The van der Waals surface area contributed by atoms with Crippen LogP contribution in [0.25, 0.3) is 0 Å². The van der Waals surface area contributed by atoms with Gasteiger partial charge in [-0.15, -0.1) is 0 Å². The van der Waals surface area contributed by atoms with Crippen molar-refractivity contribution in [3.05, 3.63) is 60.2 Å². The molecule has 2 aromatic rings. The molecule has 4 fully saturated rings. The summed E-state index contributed by atoms with van der Waals surface area (Å²) in [5.74, 6) is 1.39. The second-order valence-corrected chi connectivity index (χ2v) is 11.5. The van der Waals surface area contributed by atoms with Crippen molar-refractivity contribution in [1.82, 2.24) is 10.3 Å². The maximum Gasteiger partial charge on any atom is 0.230 e. The lowest BCUT2D eigenvalue weighted by molar-refractivity contribution is -0.149. The minimum absolute atomic E-state index is 0.114. The van der Waals surface area contributed by atoms with Gasteiger partial charge in [0.15, 0.2) is 0 Å². The number of hydrogen-bond acceptors (Lipinski definition) is 4. The van der Waals surface area contributed by atoms with Gasteiger partial charge in [-0.1, -0.05) is 12.1 Å². The van der Waals surface area contributed by atoms with E-state index in [0.29, 0.717) is 30.2 Å². The van der Waals surface area contributed by atoms with Gasteiger partial charge < -0.3 is 16.4 Å². The van der Waals surface area contributed by atoms with Gasteiger partial charge in [-0.05, 0) is 99.5 Å². The average molecular weight is 479 g/mol. The lowest BCUT2D eigenvalue weighted by Gasteiger charge is -2.60. The first-order chi connectivity index (χ1) is 16.7. The van der Waals surface area contributed by atoms with Gasteiger partial charge in [-0.3, -0.25) is 14.6 Å². The molecule has 1 heterocycles. The molecule has 0 radical (unpaired) electrons. The maximum absolute atomic E-state index is 13.4. The van der Waals surface area contributed by atoms with Crippen molar-refractivity contribution in [3.8, 4) is 0 Å². The first-order valence-electron chi connectivity index (χ1n) is 12.7. The summed E-state index contributed by atoms with van der Waals surface area (Å²) in [7, 11) is 0. The van der Waals surface area contributed by atoms with Crippen LogP contribution in [-0.4, -0.2) is 29.4 Å². The maximum atomic E-state index is 13.4. The Kier molecular flexibility index (Phi) is 6.16. The average Bonchev–Trinajstić information content (AvgIpc) is 2.82. The fraction of sp³-hybridized carbons (Fsp3) is 0.536. The molecule has 4 aliphatic carbocycles. The third-order valence-electron chi connectivity index (χ3n) is 8.89. The molecule has 6 nitrogen and oxygen atoms in total. The Morgan fingerprint density at radius 3 is 2.34 bits per heavy atom. The summed E-state index contributed by atoms with van der Waals surface area (Å²) in [6.07, 6.45) is 8.31. The molecule has 0 saturated heterocycles. The molecule has 4 aliphatic rings. The number of nitrogens with zero attached hydrogens (tertiary/aromatic N) is 1. The van der Waals surface area contributed by atoms with Crippen LogP contribution < -0.4 is 16.4 Å². The molecule has 7 heteroatoms. The monoisotopic (exact) mass is 478 g/mol. The summed E-state index contributed by atoms with van der Waals surface area (Å²) in [5.41, 5.74) is 7.18. The van der Waals surface area contributed by atoms with Gasteiger partial charge in [-0.25, -0.2) is 4.39 Å². The largest absolute Gasteiger partial charge is 0.354 e. The standard InChI is InChI=1S/C28H35FN4O2/c1-27(2,20-3-5-21(29)6-4-20)25(34)32-16-23(30)24-18-11-17-12-19(24)15-28(13-17,14-18)26(35)33-22-7-9-31-10-8-22/h3-10,17-19,23-24H,11-16,30H2,1-2H3,(H,32,34)(H,31,33,35). The van der Waals surface area contributed by atoms with E-state index in [1.165, 1.54) is 12.1 Å². The number of hydrogen-bond donors (Lipinski definition) is 3. The van der Waals surface area contributed by atoms with E-state index in [2.05, 4.69) is 15.6 Å². The smallest absolute Gasteiger partial charge is 0.230 e. The molecule has 0 aliphatic heterocycles. The minimum atomic E-state index is -0.785. The number of amides is 2. The number of pyridine rings is 1. The van der Waals surface area contributed by atoms with Gasteiger partial charge in [0.25, 0.3) is 0 Å². The van der Waals surface area contributed by atoms with Gasteiger partial charge in [0.05, 0.1) is 10.8 Å². The van der Waals surface area contributed by atoms with Crippen LogP contribution in [0, 0.1) is 34.9 Å². The number of rotatable bonds is 7. The lowest BCUT2D eigenvalue weighted by atomic mass is 9.45. The van der Waals surface area contributed by atoms with Crippen molar-refractivity contribution >= 4 is 17.5 Å². The topological polar surface area (TPSA) is 97.1 Å². The van der Waals surface area contributed by atoms with E-state index in [1.807, 2.05) is 26.0 Å². The summed E-state index contributed by atoms with van der Waals surface area (Å²) in [4.78, 5) is 30.4. The molecule has 4 saturated carbocycles. The Hall–Kier alpha value is -2.80. The van der Waals surface area contributed by atoms with Crippen molar-refractivity contribution in [2.24, 2.45) is 34.8 Å². The van der Waals surface area contributed by atoms with Crippen molar-refractivity contribution in [2.45, 2.75) is 57.4 Å². The van der Waals surface area contributed by atoms with Gasteiger partial charge >= 0.3 is 0 Å². The van der Waals surface area contributed by atoms with Crippen molar-refractivity contribution in [1.29, 1.82) is 0 Å². The molecule has 35 heavy (non-hydrogen) atoms. The SMILES string of the molecule is CC(C)(C(=O)NCC(N)C1C2CC3CC1CC(C(=O)Nc1ccncc1)(C3)C2)c1ccc(F)cc1. The number of anilines is 1. The molecule has 3 unspecified atom stereocenters. The van der Waals surface area contributed by atoms with Crippen LogP contribution >= 0.6 is 0 Å². The lowest BCUT2D eigenvalue weighted by Crippen LogP contribution is -2.60. The molecule has 2 amide bonds. The number of benzene rings is 1. The van der Waals surface area contributed by atoms with Crippen LogP contribution in [0.1, 0.15) is 51.5 Å². The van der Waals surface area contributed by atoms with Crippen molar-refractivity contribution in [3.63, 3.8) is 0 Å². The van der Waals surface area contributed by atoms with Gasteiger partial charge in [0, 0.05) is 30.7 Å². The summed E-state index contributed by atoms with van der Waals surface area (Å²) < 4.78 is 13.3. The number of carbonyl (C=O) groups is 2. The van der Waals surface area contributed by atoms with E-state index in [1.54, 1.807) is 24.5 Å². The van der Waals surface area contributed by atoms with E-state index in [-0.39, 0.29) is 29.1 Å². The summed E-state index contributed by atoms with van der Waals surface area (Å²) in [6, 6.07) is 9.57. The first kappa shape index (κ1) is 23.9. The zero-order chi connectivity index (χ0) is 24.8. The summed E-state index contributed by atoms with van der Waals surface area (Å²) in [6.45, 7) is 4.09. The van der Waals surface area contributed by atoms with E-state index in [4.69, 9.17) is 5.73 Å². The van der Waals surface area contributed by atoms with Gasteiger partial charge in [0.2, 0.25) is 11.8 Å². The molecule has 4 N–H and O–H groups in total. The fourth-order valence-electron chi connectivity index (χ4n) is 7.30. The zero-order valence-corrected chi connectivity index (χ0v) is 20.5.